The van der Waals surface area contributed by atoms with Crippen molar-refractivity contribution in [2.75, 3.05) is 21.1 Å². The summed E-state index contributed by atoms with van der Waals surface area (Å²) in [6.07, 6.45) is 1.48. The Hall–Kier alpha value is -1.78. The van der Waals surface area contributed by atoms with Crippen LogP contribution in [-0.2, 0) is 9.59 Å². The number of allylic oxidation sites excluding steroid dienone is 1. The lowest BCUT2D eigenvalue weighted by Crippen LogP contribution is -2.49. The molecule has 0 amide bonds. The third kappa shape index (κ3) is 3.50. The van der Waals surface area contributed by atoms with Crippen molar-refractivity contribution in [3.63, 3.8) is 0 Å². The van der Waals surface area contributed by atoms with Crippen LogP contribution < -0.4 is 0 Å². The minimum Gasteiger partial charge on any atom is -0.389 e. The molecule has 0 radical (unpaired) electrons. The number of aldehydes is 1. The molecule has 0 aliphatic heterocycles. The van der Waals surface area contributed by atoms with Gasteiger partial charge in [0, 0.05) is 18.3 Å². The first kappa shape index (κ1) is 18.6. The zero-order chi connectivity index (χ0) is 18.1. The van der Waals surface area contributed by atoms with Crippen molar-refractivity contribution < 1.29 is 19.2 Å². The van der Waals surface area contributed by atoms with Crippen LogP contribution in [0.3, 0.4) is 0 Å². The van der Waals surface area contributed by atoms with Gasteiger partial charge < -0.3 is 14.4 Å². The topological polar surface area (TPSA) is 54.4 Å². The smallest absolute Gasteiger partial charge is 0.162 e. The number of carbonyl (C=O) groups excluding carboxylic acids is 2. The number of aliphatic hydroxyl groups is 1. The fraction of sp³-hybridized carbons (Fsp3) is 0.500. The second kappa shape index (κ2) is 6.61. The zero-order valence-corrected chi connectivity index (χ0v) is 15.2. The average Bonchev–Trinajstić information content (AvgIpc) is 2.48. The first-order valence-electron chi connectivity index (χ1n) is 8.36. The van der Waals surface area contributed by atoms with Crippen LogP contribution in [0.4, 0.5) is 0 Å². The average molecular weight is 330 g/mol. The number of hydrogen-bond acceptors (Lipinski definition) is 3. The third-order valence-electron chi connectivity index (χ3n) is 5.05. The minimum atomic E-state index is -1.04. The Morgan fingerprint density at radius 1 is 1.29 bits per heavy atom. The van der Waals surface area contributed by atoms with Gasteiger partial charge in [0.2, 0.25) is 0 Å². The molecule has 0 saturated carbocycles. The molecular weight excluding hydrogens is 302 g/mol. The number of quaternary nitrogens is 1. The quantitative estimate of drug-likeness (QED) is 0.667. The van der Waals surface area contributed by atoms with Gasteiger partial charge in [0.1, 0.15) is 12.0 Å². The third-order valence-corrected chi connectivity index (χ3v) is 5.05. The molecule has 1 aliphatic carbocycles. The Morgan fingerprint density at radius 3 is 2.33 bits per heavy atom. The molecule has 130 valence electrons. The van der Waals surface area contributed by atoms with E-state index in [1.807, 2.05) is 51.5 Å². The molecule has 1 aromatic carbocycles. The summed E-state index contributed by atoms with van der Waals surface area (Å²) in [5, 5.41) is 11.1. The van der Waals surface area contributed by atoms with E-state index in [1.54, 1.807) is 13.8 Å². The molecule has 4 nitrogen and oxygen atoms in total. The number of carbonyl (C=O) groups is 2. The Kier molecular flexibility index (Phi) is 5.11. The van der Waals surface area contributed by atoms with Gasteiger partial charge in [-0.05, 0) is 19.4 Å². The van der Waals surface area contributed by atoms with Gasteiger partial charge in [-0.1, -0.05) is 30.3 Å². The number of hydrogen-bond donors (Lipinski definition) is 1. The number of Topliss-reactive ketones (excluding diaryl/α,β-unsaturated/α-hetero) is 1. The van der Waals surface area contributed by atoms with E-state index in [0.29, 0.717) is 10.9 Å². The molecule has 3 atom stereocenters. The fourth-order valence-corrected chi connectivity index (χ4v) is 3.88. The van der Waals surface area contributed by atoms with Crippen molar-refractivity contribution in [1.29, 1.82) is 0 Å². The summed E-state index contributed by atoms with van der Waals surface area (Å²) in [5.41, 5.74) is 1.61. The Labute approximate surface area is 144 Å². The van der Waals surface area contributed by atoms with E-state index < -0.39 is 5.60 Å². The van der Waals surface area contributed by atoms with Crippen LogP contribution in [0.2, 0.25) is 0 Å². The normalized spacial score (nSPS) is 27.9. The number of benzene rings is 1. The van der Waals surface area contributed by atoms with Crippen LogP contribution in [0.15, 0.2) is 41.6 Å². The van der Waals surface area contributed by atoms with Gasteiger partial charge >= 0.3 is 0 Å². The molecule has 1 N–H and O–H groups in total. The maximum atomic E-state index is 12.6. The Bertz CT molecular complexity index is 653. The minimum absolute atomic E-state index is 0.0123. The highest BCUT2D eigenvalue weighted by Crippen LogP contribution is 2.49. The van der Waals surface area contributed by atoms with Gasteiger partial charge in [-0.15, -0.1) is 0 Å². The summed E-state index contributed by atoms with van der Waals surface area (Å²) in [7, 11) is 6.03. The summed E-state index contributed by atoms with van der Waals surface area (Å²) in [4.78, 5) is 23.8. The van der Waals surface area contributed by atoms with Gasteiger partial charge in [0.15, 0.2) is 5.78 Å². The van der Waals surface area contributed by atoms with E-state index in [9.17, 15) is 14.7 Å². The molecular formula is C20H28NO3+. The maximum absolute atomic E-state index is 12.6. The molecule has 0 bridgehead atoms. The zero-order valence-electron chi connectivity index (χ0n) is 15.2. The molecule has 1 aromatic rings. The van der Waals surface area contributed by atoms with Gasteiger partial charge in [-0.2, -0.15) is 0 Å². The second-order valence-electron chi connectivity index (χ2n) is 7.86. The van der Waals surface area contributed by atoms with Crippen molar-refractivity contribution in [3.8, 4) is 0 Å². The van der Waals surface area contributed by atoms with Gasteiger partial charge in [-0.25, -0.2) is 0 Å². The van der Waals surface area contributed by atoms with Crippen LogP contribution in [0.1, 0.15) is 38.2 Å². The molecule has 0 fully saturated rings. The Morgan fingerprint density at radius 2 is 1.88 bits per heavy atom. The van der Waals surface area contributed by atoms with E-state index >= 15 is 0 Å². The van der Waals surface area contributed by atoms with E-state index in [1.165, 1.54) is 0 Å². The molecule has 0 saturated heterocycles. The predicted molar refractivity (Wildman–Crippen MR) is 94.3 cm³/mol. The molecule has 0 spiro atoms. The highest BCUT2D eigenvalue weighted by Gasteiger charge is 2.49. The lowest BCUT2D eigenvalue weighted by Gasteiger charge is -2.46. The van der Waals surface area contributed by atoms with Crippen molar-refractivity contribution in [2.45, 2.75) is 38.2 Å². The van der Waals surface area contributed by atoms with Crippen LogP contribution in [0, 0.1) is 5.92 Å². The fourth-order valence-electron chi connectivity index (χ4n) is 3.88. The Balaban J connectivity index is 2.77. The first-order valence-corrected chi connectivity index (χ1v) is 8.36. The van der Waals surface area contributed by atoms with Crippen LogP contribution in [-0.4, -0.2) is 48.4 Å². The lowest BCUT2D eigenvalue weighted by atomic mass is 9.64. The van der Waals surface area contributed by atoms with Gasteiger partial charge in [0.25, 0.3) is 0 Å². The summed E-state index contributed by atoms with van der Waals surface area (Å²) in [5.74, 6) is -0.574. The van der Waals surface area contributed by atoms with E-state index in [4.69, 9.17) is 0 Å². The monoisotopic (exact) mass is 330 g/mol. The molecule has 2 rings (SSSR count). The van der Waals surface area contributed by atoms with Crippen molar-refractivity contribution in [3.05, 3.63) is 47.2 Å². The molecule has 24 heavy (non-hydrogen) atoms. The molecule has 4 heteroatoms. The summed E-state index contributed by atoms with van der Waals surface area (Å²) < 4.78 is 0.488. The van der Waals surface area contributed by atoms with Crippen molar-refractivity contribution in [2.24, 2.45) is 5.92 Å². The SMILES string of the molecule is CC(=O)C1=C([N+](C)(C)C)CC(C)(O)C(CC=O)C1c1ccccc1. The van der Waals surface area contributed by atoms with Gasteiger partial charge in [-0.3, -0.25) is 4.79 Å². The number of nitrogens with zero attached hydrogens (tertiary/aromatic N) is 1. The largest absolute Gasteiger partial charge is 0.389 e. The number of ketones is 1. The lowest BCUT2D eigenvalue weighted by molar-refractivity contribution is -0.834. The highest BCUT2D eigenvalue weighted by molar-refractivity contribution is 5.95. The van der Waals surface area contributed by atoms with E-state index in [0.717, 1.165) is 23.1 Å². The van der Waals surface area contributed by atoms with Crippen LogP contribution in [0.25, 0.3) is 0 Å². The van der Waals surface area contributed by atoms with Crippen LogP contribution in [0.5, 0.6) is 0 Å². The molecule has 0 heterocycles. The predicted octanol–water partition coefficient (Wildman–Crippen LogP) is 2.68. The van der Waals surface area contributed by atoms with Crippen molar-refractivity contribution >= 4 is 12.1 Å². The van der Waals surface area contributed by atoms with E-state index in [2.05, 4.69) is 0 Å². The molecule has 1 aliphatic rings. The van der Waals surface area contributed by atoms with E-state index in [-0.39, 0.29) is 24.0 Å². The standard InChI is InChI=1S/C20H28NO3/c1-14(23)18-17(21(3,4)5)13-20(2,24)16(11-12-22)19(18)15-9-7-6-8-10-15/h6-10,12,16,19,24H,11,13H2,1-5H3/q+1. The number of rotatable bonds is 5. The second-order valence-corrected chi connectivity index (χ2v) is 7.86. The van der Waals surface area contributed by atoms with Crippen molar-refractivity contribution in [1.82, 2.24) is 0 Å². The first-order chi connectivity index (χ1) is 11.1. The van der Waals surface area contributed by atoms with Gasteiger partial charge in [0.05, 0.1) is 38.7 Å². The maximum Gasteiger partial charge on any atom is 0.162 e. The summed E-state index contributed by atoms with van der Waals surface area (Å²) >= 11 is 0. The summed E-state index contributed by atoms with van der Waals surface area (Å²) in [6.45, 7) is 3.36. The highest BCUT2D eigenvalue weighted by atomic mass is 16.3. The summed E-state index contributed by atoms with van der Waals surface area (Å²) in [6, 6.07) is 9.73. The van der Waals surface area contributed by atoms with Crippen LogP contribution >= 0.6 is 0 Å². The molecule has 3 unspecified atom stereocenters. The molecule has 0 aromatic heterocycles.